The van der Waals surface area contributed by atoms with Crippen LogP contribution in [0.4, 0.5) is 5.82 Å². The first-order valence-electron chi connectivity index (χ1n) is 5.14. The van der Waals surface area contributed by atoms with Crippen LogP contribution in [0.5, 0.6) is 0 Å². The summed E-state index contributed by atoms with van der Waals surface area (Å²) in [5.74, 6) is 0.673. The molecule has 1 rings (SSSR count). The quantitative estimate of drug-likeness (QED) is 0.861. The first kappa shape index (κ1) is 12.2. The zero-order chi connectivity index (χ0) is 11.6. The highest BCUT2D eigenvalue weighted by Crippen LogP contribution is 2.23. The van der Waals surface area contributed by atoms with Crippen LogP contribution < -0.4 is 5.32 Å². The van der Waals surface area contributed by atoms with Crippen LogP contribution in [0.25, 0.3) is 0 Å². The van der Waals surface area contributed by atoms with Crippen LogP contribution >= 0.6 is 11.6 Å². The summed E-state index contributed by atoms with van der Waals surface area (Å²) in [4.78, 5) is 8.63. The number of aryl methyl sites for hydroxylation is 2. The second kappa shape index (κ2) is 4.35. The summed E-state index contributed by atoms with van der Waals surface area (Å²) in [7, 11) is 0. The predicted molar refractivity (Wildman–Crippen MR) is 64.5 cm³/mol. The van der Waals surface area contributed by atoms with Crippen molar-refractivity contribution in [3.05, 3.63) is 16.5 Å². The van der Waals surface area contributed by atoms with Crippen molar-refractivity contribution in [1.29, 1.82) is 0 Å². The maximum Gasteiger partial charge on any atom is 0.171 e. The third-order valence-electron chi connectivity index (χ3n) is 2.61. The average molecular weight is 228 g/mol. The van der Waals surface area contributed by atoms with E-state index in [9.17, 15) is 0 Å². The Labute approximate surface area is 96.3 Å². The molecular formula is C11H18ClN3. The third kappa shape index (κ3) is 3.06. The van der Waals surface area contributed by atoms with Crippen LogP contribution in [0, 0.1) is 13.8 Å². The SMILES string of the molecule is CCC(C)(C)Nc1nc(C)c(C)nc1Cl. The highest BCUT2D eigenvalue weighted by atomic mass is 35.5. The Balaban J connectivity index is 3.01. The lowest BCUT2D eigenvalue weighted by Crippen LogP contribution is -2.30. The Hall–Kier alpha value is -0.830. The minimum absolute atomic E-state index is 0.0139. The Morgan fingerprint density at radius 2 is 1.73 bits per heavy atom. The molecule has 0 amide bonds. The van der Waals surface area contributed by atoms with E-state index in [-0.39, 0.29) is 5.54 Å². The highest BCUT2D eigenvalue weighted by Gasteiger charge is 2.17. The number of hydrogen-bond acceptors (Lipinski definition) is 3. The van der Waals surface area contributed by atoms with Crippen LogP contribution in [0.3, 0.4) is 0 Å². The molecule has 0 saturated carbocycles. The van der Waals surface area contributed by atoms with Gasteiger partial charge in [0.05, 0.1) is 11.4 Å². The molecule has 0 radical (unpaired) electrons. The van der Waals surface area contributed by atoms with Gasteiger partial charge < -0.3 is 5.32 Å². The van der Waals surface area contributed by atoms with Crippen LogP contribution in [0.2, 0.25) is 5.15 Å². The van der Waals surface area contributed by atoms with Crippen molar-refractivity contribution >= 4 is 17.4 Å². The second-order valence-corrected chi connectivity index (χ2v) is 4.75. The molecule has 0 aliphatic heterocycles. The zero-order valence-corrected chi connectivity index (χ0v) is 10.7. The van der Waals surface area contributed by atoms with Crippen LogP contribution in [0.1, 0.15) is 38.6 Å². The molecule has 0 unspecified atom stereocenters. The van der Waals surface area contributed by atoms with Gasteiger partial charge in [0, 0.05) is 5.54 Å². The van der Waals surface area contributed by atoms with Gasteiger partial charge in [-0.3, -0.25) is 0 Å². The van der Waals surface area contributed by atoms with E-state index in [0.29, 0.717) is 11.0 Å². The molecule has 0 spiro atoms. The standard InChI is InChI=1S/C11H18ClN3/c1-6-11(4,5)15-10-9(12)13-7(2)8(3)14-10/h6H2,1-5H3,(H,14,15). The van der Waals surface area contributed by atoms with Gasteiger partial charge >= 0.3 is 0 Å². The predicted octanol–water partition coefficient (Wildman–Crippen LogP) is 3.35. The van der Waals surface area contributed by atoms with Gasteiger partial charge in [0.2, 0.25) is 0 Å². The number of nitrogens with one attached hydrogen (secondary N) is 1. The van der Waals surface area contributed by atoms with Crippen molar-refractivity contribution in [2.45, 2.75) is 46.6 Å². The van der Waals surface area contributed by atoms with Gasteiger partial charge in [0.1, 0.15) is 0 Å². The molecule has 0 aliphatic carbocycles. The van der Waals surface area contributed by atoms with Crippen LogP contribution in [-0.2, 0) is 0 Å². The Bertz CT molecular complexity index is 361. The van der Waals surface area contributed by atoms with Crippen molar-refractivity contribution in [3.63, 3.8) is 0 Å². The summed E-state index contributed by atoms with van der Waals surface area (Å²) < 4.78 is 0. The molecule has 0 saturated heterocycles. The van der Waals surface area contributed by atoms with Crippen molar-refractivity contribution in [2.24, 2.45) is 0 Å². The van der Waals surface area contributed by atoms with E-state index in [2.05, 4.69) is 36.1 Å². The molecule has 0 aromatic carbocycles. The molecule has 84 valence electrons. The smallest absolute Gasteiger partial charge is 0.171 e. The summed E-state index contributed by atoms with van der Waals surface area (Å²) in [6, 6.07) is 0. The topological polar surface area (TPSA) is 37.8 Å². The minimum atomic E-state index is -0.0139. The number of aromatic nitrogens is 2. The molecule has 0 bridgehead atoms. The Kier molecular flexibility index (Phi) is 3.55. The van der Waals surface area contributed by atoms with E-state index in [4.69, 9.17) is 11.6 Å². The molecule has 4 heteroatoms. The molecule has 15 heavy (non-hydrogen) atoms. The number of nitrogens with zero attached hydrogens (tertiary/aromatic N) is 2. The van der Waals surface area contributed by atoms with E-state index < -0.39 is 0 Å². The molecule has 1 N–H and O–H groups in total. The third-order valence-corrected chi connectivity index (χ3v) is 2.87. The van der Waals surface area contributed by atoms with Gasteiger partial charge in [-0.25, -0.2) is 9.97 Å². The number of halogens is 1. The molecular weight excluding hydrogens is 210 g/mol. The summed E-state index contributed by atoms with van der Waals surface area (Å²) in [5, 5.41) is 3.74. The van der Waals surface area contributed by atoms with Crippen LogP contribution in [0.15, 0.2) is 0 Å². The van der Waals surface area contributed by atoms with Crippen molar-refractivity contribution in [3.8, 4) is 0 Å². The summed E-state index contributed by atoms with van der Waals surface area (Å²) in [6.07, 6.45) is 0.998. The summed E-state index contributed by atoms with van der Waals surface area (Å²) in [6.45, 7) is 10.2. The fraction of sp³-hybridized carbons (Fsp3) is 0.636. The van der Waals surface area contributed by atoms with Gasteiger partial charge in [-0.2, -0.15) is 0 Å². The fourth-order valence-electron chi connectivity index (χ4n) is 1.06. The normalized spacial score (nSPS) is 11.6. The van der Waals surface area contributed by atoms with E-state index in [1.807, 2.05) is 13.8 Å². The molecule has 1 heterocycles. The lowest BCUT2D eigenvalue weighted by Gasteiger charge is -2.25. The molecule has 1 aromatic rings. The van der Waals surface area contributed by atoms with Gasteiger partial charge in [0.15, 0.2) is 11.0 Å². The Morgan fingerprint density at radius 1 is 1.20 bits per heavy atom. The first-order chi connectivity index (χ1) is 6.85. The van der Waals surface area contributed by atoms with Gasteiger partial charge in [0.25, 0.3) is 0 Å². The first-order valence-corrected chi connectivity index (χ1v) is 5.52. The molecule has 0 aliphatic rings. The summed E-state index contributed by atoms with van der Waals surface area (Å²) >= 11 is 6.03. The van der Waals surface area contributed by atoms with Gasteiger partial charge in [-0.15, -0.1) is 0 Å². The average Bonchev–Trinajstić information content (AvgIpc) is 2.14. The largest absolute Gasteiger partial charge is 0.363 e. The zero-order valence-electron chi connectivity index (χ0n) is 9.98. The maximum atomic E-state index is 6.03. The van der Waals surface area contributed by atoms with E-state index >= 15 is 0 Å². The lowest BCUT2D eigenvalue weighted by molar-refractivity contribution is 0.544. The fourth-order valence-corrected chi connectivity index (χ4v) is 1.28. The van der Waals surface area contributed by atoms with E-state index in [1.165, 1.54) is 0 Å². The second-order valence-electron chi connectivity index (χ2n) is 4.40. The summed E-state index contributed by atoms with van der Waals surface area (Å²) in [5.41, 5.74) is 1.77. The number of anilines is 1. The lowest BCUT2D eigenvalue weighted by atomic mass is 10.0. The monoisotopic (exact) mass is 227 g/mol. The highest BCUT2D eigenvalue weighted by molar-refractivity contribution is 6.31. The van der Waals surface area contributed by atoms with Gasteiger partial charge in [-0.05, 0) is 34.1 Å². The maximum absolute atomic E-state index is 6.03. The van der Waals surface area contributed by atoms with Crippen molar-refractivity contribution < 1.29 is 0 Å². The molecule has 3 nitrogen and oxygen atoms in total. The van der Waals surface area contributed by atoms with Crippen molar-refractivity contribution in [1.82, 2.24) is 9.97 Å². The van der Waals surface area contributed by atoms with E-state index in [1.54, 1.807) is 0 Å². The van der Waals surface area contributed by atoms with Gasteiger partial charge in [-0.1, -0.05) is 18.5 Å². The Morgan fingerprint density at radius 3 is 2.27 bits per heavy atom. The van der Waals surface area contributed by atoms with Crippen molar-refractivity contribution in [2.75, 3.05) is 5.32 Å². The minimum Gasteiger partial charge on any atom is -0.363 e. The number of rotatable bonds is 3. The van der Waals surface area contributed by atoms with Crippen LogP contribution in [-0.4, -0.2) is 15.5 Å². The molecule has 0 fully saturated rings. The number of hydrogen-bond donors (Lipinski definition) is 1. The van der Waals surface area contributed by atoms with E-state index in [0.717, 1.165) is 17.8 Å². The molecule has 0 atom stereocenters. The molecule has 1 aromatic heterocycles.